The highest BCUT2D eigenvalue weighted by atomic mass is 19.1. The van der Waals surface area contributed by atoms with Crippen molar-refractivity contribution in [1.82, 2.24) is 10.2 Å². The standard InChI is InChI=1S/C15H21FN2O3/c1-3-4-8-13(14(19)20)17-15(21)18(2)10-11-6-5-7-12(16)9-11/h5-7,9,13H,3-4,8,10H2,1-2H3,(H,17,21)(H,19,20)/t13-/m0/s1. The van der Waals surface area contributed by atoms with Crippen molar-refractivity contribution >= 4 is 12.0 Å². The van der Waals surface area contributed by atoms with Crippen LogP contribution in [0.15, 0.2) is 24.3 Å². The molecule has 0 radical (unpaired) electrons. The molecule has 0 saturated heterocycles. The summed E-state index contributed by atoms with van der Waals surface area (Å²) < 4.78 is 13.1. The molecule has 6 heteroatoms. The van der Waals surface area contributed by atoms with E-state index in [4.69, 9.17) is 5.11 Å². The van der Waals surface area contributed by atoms with Gasteiger partial charge < -0.3 is 15.3 Å². The van der Waals surface area contributed by atoms with E-state index in [-0.39, 0.29) is 12.4 Å². The van der Waals surface area contributed by atoms with Crippen LogP contribution in [0.5, 0.6) is 0 Å². The van der Waals surface area contributed by atoms with Crippen molar-refractivity contribution < 1.29 is 19.1 Å². The Labute approximate surface area is 123 Å². The number of carbonyl (C=O) groups is 2. The third kappa shape index (κ3) is 5.81. The maximum Gasteiger partial charge on any atom is 0.326 e. The van der Waals surface area contributed by atoms with E-state index in [1.54, 1.807) is 19.2 Å². The van der Waals surface area contributed by atoms with Crippen molar-refractivity contribution in [1.29, 1.82) is 0 Å². The molecule has 21 heavy (non-hydrogen) atoms. The molecule has 0 heterocycles. The van der Waals surface area contributed by atoms with Crippen molar-refractivity contribution in [3.8, 4) is 0 Å². The van der Waals surface area contributed by atoms with Crippen LogP contribution in [0.1, 0.15) is 31.7 Å². The second-order valence-electron chi connectivity index (χ2n) is 4.97. The van der Waals surface area contributed by atoms with Crippen molar-refractivity contribution in [3.05, 3.63) is 35.6 Å². The van der Waals surface area contributed by atoms with E-state index < -0.39 is 18.0 Å². The zero-order chi connectivity index (χ0) is 15.8. The zero-order valence-electron chi connectivity index (χ0n) is 12.3. The molecule has 0 fully saturated rings. The predicted octanol–water partition coefficient (Wildman–Crippen LogP) is 2.61. The number of carbonyl (C=O) groups excluding carboxylic acids is 1. The normalized spacial score (nSPS) is 11.8. The SMILES string of the molecule is CCCC[C@H](NC(=O)N(C)Cc1cccc(F)c1)C(=O)O. The van der Waals surface area contributed by atoms with Gasteiger partial charge in [0, 0.05) is 13.6 Å². The van der Waals surface area contributed by atoms with Crippen LogP contribution in [0.4, 0.5) is 9.18 Å². The van der Waals surface area contributed by atoms with Gasteiger partial charge in [-0.25, -0.2) is 14.0 Å². The lowest BCUT2D eigenvalue weighted by Crippen LogP contribution is -2.46. The van der Waals surface area contributed by atoms with Crippen LogP contribution in [0.3, 0.4) is 0 Å². The number of aliphatic carboxylic acids is 1. The van der Waals surface area contributed by atoms with Crippen LogP contribution in [0.2, 0.25) is 0 Å². The van der Waals surface area contributed by atoms with Gasteiger partial charge in [-0.3, -0.25) is 0 Å². The summed E-state index contributed by atoms with van der Waals surface area (Å²) in [5, 5.41) is 11.6. The van der Waals surface area contributed by atoms with Crippen LogP contribution in [-0.2, 0) is 11.3 Å². The molecule has 0 aromatic heterocycles. The van der Waals surface area contributed by atoms with Gasteiger partial charge in [0.2, 0.25) is 0 Å². The van der Waals surface area contributed by atoms with E-state index in [0.29, 0.717) is 12.0 Å². The molecule has 2 amide bonds. The molecule has 116 valence electrons. The van der Waals surface area contributed by atoms with Crippen molar-refractivity contribution in [2.45, 2.75) is 38.8 Å². The summed E-state index contributed by atoms with van der Waals surface area (Å²) >= 11 is 0. The number of hydrogen-bond acceptors (Lipinski definition) is 2. The van der Waals surface area contributed by atoms with E-state index in [1.165, 1.54) is 17.0 Å². The van der Waals surface area contributed by atoms with Gasteiger partial charge >= 0.3 is 12.0 Å². The molecule has 1 atom stereocenters. The number of hydrogen-bond donors (Lipinski definition) is 2. The van der Waals surface area contributed by atoms with Gasteiger partial charge in [0.15, 0.2) is 0 Å². The predicted molar refractivity (Wildman–Crippen MR) is 77.3 cm³/mol. The van der Waals surface area contributed by atoms with E-state index in [1.807, 2.05) is 6.92 Å². The molecule has 1 rings (SSSR count). The first-order chi connectivity index (χ1) is 9.93. The monoisotopic (exact) mass is 296 g/mol. The summed E-state index contributed by atoms with van der Waals surface area (Å²) in [4.78, 5) is 24.4. The van der Waals surface area contributed by atoms with Crippen LogP contribution < -0.4 is 5.32 Å². The Morgan fingerprint density at radius 2 is 2.14 bits per heavy atom. The Hall–Kier alpha value is -2.11. The summed E-state index contributed by atoms with van der Waals surface area (Å²) in [6.45, 7) is 2.17. The van der Waals surface area contributed by atoms with Crippen LogP contribution in [-0.4, -0.2) is 35.1 Å². The molecule has 0 aliphatic rings. The average molecular weight is 296 g/mol. The third-order valence-electron chi connectivity index (χ3n) is 3.10. The van der Waals surface area contributed by atoms with Crippen LogP contribution in [0, 0.1) is 5.82 Å². The van der Waals surface area contributed by atoms with E-state index in [9.17, 15) is 14.0 Å². The summed E-state index contributed by atoms with van der Waals surface area (Å²) in [5.74, 6) is -1.41. The molecule has 0 aliphatic carbocycles. The first kappa shape index (κ1) is 16.9. The van der Waals surface area contributed by atoms with Gasteiger partial charge in [-0.15, -0.1) is 0 Å². The number of unbranched alkanes of at least 4 members (excludes halogenated alkanes) is 1. The van der Waals surface area contributed by atoms with Gasteiger partial charge in [-0.2, -0.15) is 0 Å². The summed E-state index contributed by atoms with van der Waals surface area (Å²) in [7, 11) is 1.54. The molecule has 0 aliphatic heterocycles. The van der Waals surface area contributed by atoms with Gasteiger partial charge in [0.1, 0.15) is 11.9 Å². The number of nitrogens with zero attached hydrogens (tertiary/aromatic N) is 1. The number of urea groups is 1. The first-order valence-corrected chi connectivity index (χ1v) is 6.93. The number of halogens is 1. The first-order valence-electron chi connectivity index (χ1n) is 6.93. The number of amides is 2. The van der Waals surface area contributed by atoms with Crippen molar-refractivity contribution in [2.75, 3.05) is 7.05 Å². The van der Waals surface area contributed by atoms with Gasteiger partial charge in [-0.1, -0.05) is 31.9 Å². The molecular formula is C15H21FN2O3. The minimum absolute atomic E-state index is 0.212. The number of carboxylic acid groups (broad SMARTS) is 1. The second kappa shape index (κ2) is 8.24. The average Bonchev–Trinajstić information content (AvgIpc) is 2.42. The minimum Gasteiger partial charge on any atom is -0.480 e. The van der Waals surface area contributed by atoms with Crippen LogP contribution >= 0.6 is 0 Å². The maximum absolute atomic E-state index is 13.1. The molecule has 2 N–H and O–H groups in total. The molecule has 0 spiro atoms. The van der Waals surface area contributed by atoms with Crippen molar-refractivity contribution in [2.24, 2.45) is 0 Å². The topological polar surface area (TPSA) is 69.6 Å². The number of benzene rings is 1. The number of carboxylic acids is 1. The highest BCUT2D eigenvalue weighted by molar-refractivity contribution is 5.82. The molecule has 0 unspecified atom stereocenters. The van der Waals surface area contributed by atoms with E-state index in [2.05, 4.69) is 5.32 Å². The molecule has 5 nitrogen and oxygen atoms in total. The van der Waals surface area contributed by atoms with Gasteiger partial charge in [-0.05, 0) is 24.1 Å². The lowest BCUT2D eigenvalue weighted by atomic mass is 10.1. The van der Waals surface area contributed by atoms with Crippen molar-refractivity contribution in [3.63, 3.8) is 0 Å². The summed E-state index contributed by atoms with van der Waals surface area (Å²) in [6, 6.07) is 4.57. The summed E-state index contributed by atoms with van der Waals surface area (Å²) in [5.41, 5.74) is 0.646. The number of rotatable bonds is 7. The smallest absolute Gasteiger partial charge is 0.326 e. The van der Waals surface area contributed by atoms with Crippen LogP contribution in [0.25, 0.3) is 0 Å². The Kier molecular flexibility index (Phi) is 6.65. The lowest BCUT2D eigenvalue weighted by molar-refractivity contribution is -0.139. The molecular weight excluding hydrogens is 275 g/mol. The maximum atomic E-state index is 13.1. The Bertz CT molecular complexity index is 494. The van der Waals surface area contributed by atoms with Gasteiger partial charge in [0.05, 0.1) is 0 Å². The third-order valence-corrected chi connectivity index (χ3v) is 3.10. The number of nitrogens with one attached hydrogen (secondary N) is 1. The second-order valence-corrected chi connectivity index (χ2v) is 4.97. The largest absolute Gasteiger partial charge is 0.480 e. The van der Waals surface area contributed by atoms with Gasteiger partial charge in [0.25, 0.3) is 0 Å². The quantitative estimate of drug-likeness (QED) is 0.812. The van der Waals surface area contributed by atoms with E-state index in [0.717, 1.165) is 12.8 Å². The Morgan fingerprint density at radius 3 is 2.71 bits per heavy atom. The highest BCUT2D eigenvalue weighted by Crippen LogP contribution is 2.07. The molecule has 1 aromatic carbocycles. The highest BCUT2D eigenvalue weighted by Gasteiger charge is 2.21. The summed E-state index contributed by atoms with van der Waals surface area (Å²) in [6.07, 6.45) is 1.98. The lowest BCUT2D eigenvalue weighted by Gasteiger charge is -2.21. The van der Waals surface area contributed by atoms with E-state index >= 15 is 0 Å². The Morgan fingerprint density at radius 1 is 1.43 bits per heavy atom. The molecule has 1 aromatic rings. The molecule has 0 saturated carbocycles. The minimum atomic E-state index is -1.05. The fraction of sp³-hybridized carbons (Fsp3) is 0.467. The fourth-order valence-corrected chi connectivity index (χ4v) is 1.91. The molecule has 0 bridgehead atoms. The zero-order valence-corrected chi connectivity index (χ0v) is 12.3. The fourth-order valence-electron chi connectivity index (χ4n) is 1.91. The Balaban J connectivity index is 2.58.